The van der Waals surface area contributed by atoms with E-state index in [1.807, 2.05) is 18.2 Å². The number of hydrogen-bond acceptors (Lipinski definition) is 5. The summed E-state index contributed by atoms with van der Waals surface area (Å²) in [5.41, 5.74) is 0.833. The van der Waals surface area contributed by atoms with Gasteiger partial charge in [-0.3, -0.25) is 0 Å². The van der Waals surface area contributed by atoms with Gasteiger partial charge in [0.2, 0.25) is 5.89 Å². The first kappa shape index (κ1) is 15.4. The number of hydrogen-bond donors (Lipinski definition) is 1. The Bertz CT molecular complexity index is 579. The Morgan fingerprint density at radius 2 is 2.05 bits per heavy atom. The average Bonchev–Trinajstić information content (AvgIpc) is 2.95. The van der Waals surface area contributed by atoms with E-state index in [4.69, 9.17) is 13.9 Å². The summed E-state index contributed by atoms with van der Waals surface area (Å²) in [7, 11) is 3.26. The second-order valence-electron chi connectivity index (χ2n) is 5.21. The monoisotopic (exact) mass is 290 g/mol. The molecule has 0 radical (unpaired) electrons. The zero-order valence-corrected chi connectivity index (χ0v) is 13.0. The quantitative estimate of drug-likeness (QED) is 0.849. The molecule has 0 saturated heterocycles. The fourth-order valence-electron chi connectivity index (χ4n) is 1.99. The van der Waals surface area contributed by atoms with Gasteiger partial charge < -0.3 is 19.2 Å². The van der Waals surface area contributed by atoms with Crippen LogP contribution >= 0.6 is 0 Å². The van der Waals surface area contributed by atoms with Crippen molar-refractivity contribution in [3.05, 3.63) is 30.3 Å². The molecule has 2 rings (SSSR count). The highest BCUT2D eigenvalue weighted by molar-refractivity contribution is 5.67. The Labute approximate surface area is 125 Å². The minimum absolute atomic E-state index is 0.595. The number of methoxy groups -OCH3 is 2. The first-order chi connectivity index (χ1) is 10.1. The Kier molecular flexibility index (Phi) is 5.22. The van der Waals surface area contributed by atoms with E-state index in [2.05, 4.69) is 24.1 Å². The molecular weight excluding hydrogens is 268 g/mol. The van der Waals surface area contributed by atoms with Crippen LogP contribution in [0.15, 0.2) is 28.8 Å². The molecule has 1 aromatic heterocycles. The van der Waals surface area contributed by atoms with Crippen LogP contribution in [0, 0.1) is 5.92 Å². The predicted molar refractivity (Wildman–Crippen MR) is 81.6 cm³/mol. The lowest BCUT2D eigenvalue weighted by Crippen LogP contribution is -2.18. The first-order valence-corrected chi connectivity index (χ1v) is 7.02. The summed E-state index contributed by atoms with van der Waals surface area (Å²) in [5.74, 6) is 3.41. The zero-order valence-electron chi connectivity index (χ0n) is 13.0. The minimum atomic E-state index is 0.595. The number of ether oxygens (including phenoxy) is 2. The first-order valence-electron chi connectivity index (χ1n) is 7.02. The van der Waals surface area contributed by atoms with Gasteiger partial charge in [-0.1, -0.05) is 13.8 Å². The Hall–Kier alpha value is -2.01. The molecule has 1 heterocycles. The van der Waals surface area contributed by atoms with Gasteiger partial charge in [-0.05, 0) is 30.7 Å². The van der Waals surface area contributed by atoms with E-state index in [1.165, 1.54) is 0 Å². The van der Waals surface area contributed by atoms with E-state index in [-0.39, 0.29) is 0 Å². The van der Waals surface area contributed by atoms with Crippen LogP contribution in [0.3, 0.4) is 0 Å². The van der Waals surface area contributed by atoms with E-state index < -0.39 is 0 Å². The van der Waals surface area contributed by atoms with Crippen LogP contribution in [0.2, 0.25) is 0 Å². The Balaban J connectivity index is 2.16. The lowest BCUT2D eigenvalue weighted by Gasteiger charge is -2.08. The highest BCUT2D eigenvalue weighted by Gasteiger charge is 2.13. The average molecular weight is 290 g/mol. The molecule has 5 heteroatoms. The number of aromatic nitrogens is 1. The second-order valence-corrected chi connectivity index (χ2v) is 5.21. The Morgan fingerprint density at radius 3 is 2.71 bits per heavy atom. The summed E-state index contributed by atoms with van der Waals surface area (Å²) >= 11 is 0. The number of benzene rings is 1. The summed E-state index contributed by atoms with van der Waals surface area (Å²) in [6.45, 7) is 5.87. The van der Waals surface area contributed by atoms with Gasteiger partial charge in [-0.2, -0.15) is 0 Å². The number of nitrogens with one attached hydrogen (secondary N) is 1. The maximum absolute atomic E-state index is 5.78. The number of rotatable bonds is 7. The normalized spacial score (nSPS) is 10.9. The van der Waals surface area contributed by atoms with Gasteiger partial charge in [0.1, 0.15) is 11.5 Å². The lowest BCUT2D eigenvalue weighted by molar-refractivity contribution is 0.402. The van der Waals surface area contributed by atoms with Crippen molar-refractivity contribution in [2.75, 3.05) is 20.8 Å². The van der Waals surface area contributed by atoms with E-state index in [0.29, 0.717) is 24.1 Å². The summed E-state index contributed by atoms with van der Waals surface area (Å²) in [4.78, 5) is 4.29. The van der Waals surface area contributed by atoms with Crippen molar-refractivity contribution in [2.45, 2.75) is 20.4 Å². The van der Waals surface area contributed by atoms with E-state index >= 15 is 0 Å². The van der Waals surface area contributed by atoms with Crippen LogP contribution in [-0.4, -0.2) is 25.7 Å². The minimum Gasteiger partial charge on any atom is -0.497 e. The van der Waals surface area contributed by atoms with E-state index in [1.54, 1.807) is 20.4 Å². The predicted octanol–water partition coefficient (Wildman–Crippen LogP) is 3.10. The molecule has 0 aliphatic rings. The summed E-state index contributed by atoms with van der Waals surface area (Å²) in [5, 5.41) is 3.30. The molecule has 21 heavy (non-hydrogen) atoms. The maximum Gasteiger partial charge on any atom is 0.208 e. The van der Waals surface area contributed by atoms with Gasteiger partial charge in [0.05, 0.1) is 32.5 Å². The fraction of sp³-hybridized carbons (Fsp3) is 0.438. The van der Waals surface area contributed by atoms with Gasteiger partial charge in [-0.25, -0.2) is 4.98 Å². The molecule has 0 fully saturated rings. The second kappa shape index (κ2) is 7.13. The maximum atomic E-state index is 5.78. The molecule has 0 aliphatic heterocycles. The van der Waals surface area contributed by atoms with Gasteiger partial charge >= 0.3 is 0 Å². The zero-order chi connectivity index (χ0) is 15.2. The molecule has 0 saturated carbocycles. The molecule has 0 aliphatic carbocycles. The largest absolute Gasteiger partial charge is 0.497 e. The van der Waals surface area contributed by atoms with Crippen LogP contribution in [0.4, 0.5) is 0 Å². The third-order valence-electron chi connectivity index (χ3n) is 3.05. The highest BCUT2D eigenvalue weighted by Crippen LogP contribution is 2.33. The van der Waals surface area contributed by atoms with Crippen molar-refractivity contribution in [1.82, 2.24) is 10.3 Å². The van der Waals surface area contributed by atoms with Crippen LogP contribution < -0.4 is 14.8 Å². The smallest absolute Gasteiger partial charge is 0.208 e. The molecule has 5 nitrogen and oxygen atoms in total. The van der Waals surface area contributed by atoms with Gasteiger partial charge in [0.15, 0.2) is 5.76 Å². The molecule has 0 amide bonds. The van der Waals surface area contributed by atoms with Gasteiger partial charge in [0, 0.05) is 0 Å². The molecule has 0 bridgehead atoms. The molecule has 1 aromatic carbocycles. The van der Waals surface area contributed by atoms with Crippen molar-refractivity contribution in [3.63, 3.8) is 0 Å². The van der Waals surface area contributed by atoms with Crippen molar-refractivity contribution >= 4 is 0 Å². The van der Waals surface area contributed by atoms with Crippen molar-refractivity contribution in [2.24, 2.45) is 5.92 Å². The van der Waals surface area contributed by atoms with Crippen molar-refractivity contribution < 1.29 is 13.9 Å². The molecule has 114 valence electrons. The standard InChI is InChI=1S/C16H22N2O3/c1-11(2)8-17-10-16-18-9-15(21-16)13-7-12(19-3)5-6-14(13)20-4/h5-7,9,11,17H,8,10H2,1-4H3. The lowest BCUT2D eigenvalue weighted by atomic mass is 10.1. The molecule has 0 spiro atoms. The summed E-state index contributed by atoms with van der Waals surface area (Å²) in [6, 6.07) is 5.59. The van der Waals surface area contributed by atoms with Gasteiger partial charge in [-0.15, -0.1) is 0 Å². The fourth-order valence-corrected chi connectivity index (χ4v) is 1.99. The van der Waals surface area contributed by atoms with Crippen LogP contribution in [-0.2, 0) is 6.54 Å². The summed E-state index contributed by atoms with van der Waals surface area (Å²) < 4.78 is 16.4. The van der Waals surface area contributed by atoms with Crippen LogP contribution in [0.1, 0.15) is 19.7 Å². The SMILES string of the molecule is COc1ccc(OC)c(-c2cnc(CNCC(C)C)o2)c1. The number of nitrogens with zero attached hydrogens (tertiary/aromatic N) is 1. The summed E-state index contributed by atoms with van der Waals surface area (Å²) in [6.07, 6.45) is 1.71. The van der Waals surface area contributed by atoms with Crippen LogP contribution in [0.25, 0.3) is 11.3 Å². The Morgan fingerprint density at radius 1 is 1.24 bits per heavy atom. The van der Waals surface area contributed by atoms with E-state index in [0.717, 1.165) is 23.6 Å². The van der Waals surface area contributed by atoms with Crippen molar-refractivity contribution in [3.8, 4) is 22.8 Å². The molecular formula is C16H22N2O3. The van der Waals surface area contributed by atoms with E-state index in [9.17, 15) is 0 Å². The highest BCUT2D eigenvalue weighted by atomic mass is 16.5. The topological polar surface area (TPSA) is 56.5 Å². The van der Waals surface area contributed by atoms with Crippen LogP contribution in [0.5, 0.6) is 11.5 Å². The van der Waals surface area contributed by atoms with Gasteiger partial charge in [0.25, 0.3) is 0 Å². The molecule has 1 N–H and O–H groups in total. The van der Waals surface area contributed by atoms with Crippen molar-refractivity contribution in [1.29, 1.82) is 0 Å². The number of oxazole rings is 1. The molecule has 0 unspecified atom stereocenters. The molecule has 2 aromatic rings. The third kappa shape index (κ3) is 3.98. The molecule has 0 atom stereocenters. The third-order valence-corrected chi connectivity index (χ3v) is 3.05.